The first-order valence-corrected chi connectivity index (χ1v) is 12.0. The van der Waals surface area contributed by atoms with Crippen molar-refractivity contribution in [1.29, 1.82) is 0 Å². The Morgan fingerprint density at radius 3 is 2.31 bits per heavy atom. The molecule has 1 unspecified atom stereocenters. The summed E-state index contributed by atoms with van der Waals surface area (Å²) < 4.78 is 36.4. The maximum absolute atomic E-state index is 13.1. The summed E-state index contributed by atoms with van der Waals surface area (Å²) in [6, 6.07) is 8.96. The lowest BCUT2D eigenvalue weighted by molar-refractivity contribution is -0.136. The zero-order valence-corrected chi connectivity index (χ0v) is 18.1. The molecule has 2 aliphatic rings. The van der Waals surface area contributed by atoms with Gasteiger partial charge in [-0.25, -0.2) is 18.2 Å². The number of nitrogens with one attached hydrogen (secondary N) is 1. The van der Waals surface area contributed by atoms with Gasteiger partial charge in [0.15, 0.2) is 15.9 Å². The van der Waals surface area contributed by atoms with E-state index in [9.17, 15) is 18.0 Å². The second kappa shape index (κ2) is 9.35. The number of anilines is 1. The summed E-state index contributed by atoms with van der Waals surface area (Å²) in [5.41, 5.74) is 0.524. The molecule has 2 N–H and O–H groups in total. The van der Waals surface area contributed by atoms with Crippen LogP contribution in [0.25, 0.3) is 0 Å². The van der Waals surface area contributed by atoms with Crippen molar-refractivity contribution in [2.75, 3.05) is 18.5 Å². The van der Waals surface area contributed by atoms with E-state index in [0.29, 0.717) is 44.5 Å². The van der Waals surface area contributed by atoms with Gasteiger partial charge in [0.1, 0.15) is 5.82 Å². The molecule has 1 saturated carbocycles. The highest BCUT2D eigenvalue weighted by Crippen LogP contribution is 2.34. The number of carboxylic acid groups (broad SMARTS) is 1. The zero-order chi connectivity index (χ0) is 22.7. The molecule has 10 heteroatoms. The molecule has 2 fully saturated rings. The van der Waals surface area contributed by atoms with E-state index >= 15 is 0 Å². The number of hydrogen-bond acceptors (Lipinski definition) is 7. The van der Waals surface area contributed by atoms with E-state index in [1.54, 1.807) is 12.1 Å². The number of rotatable bonds is 8. The molecule has 4 rings (SSSR count). The highest BCUT2D eigenvalue weighted by Gasteiger charge is 2.37. The average molecular weight is 461 g/mol. The van der Waals surface area contributed by atoms with E-state index in [1.807, 2.05) is 0 Å². The van der Waals surface area contributed by atoms with Crippen molar-refractivity contribution in [3.63, 3.8) is 0 Å². The highest BCUT2D eigenvalue weighted by atomic mass is 32.2. The largest absolute Gasteiger partial charge is 0.478 e. The second-order valence-corrected chi connectivity index (χ2v) is 10.1. The predicted molar refractivity (Wildman–Crippen MR) is 114 cm³/mol. The van der Waals surface area contributed by atoms with Gasteiger partial charge in [-0.05, 0) is 55.5 Å². The second-order valence-electron chi connectivity index (χ2n) is 7.87. The van der Waals surface area contributed by atoms with Crippen LogP contribution in [0.4, 0.5) is 5.82 Å². The molecule has 0 radical (unpaired) electrons. The summed E-state index contributed by atoms with van der Waals surface area (Å²) in [5, 5.41) is 11.3. The third-order valence-electron chi connectivity index (χ3n) is 5.47. The number of sulfone groups is 1. The molecular weight excluding hydrogens is 436 g/mol. The third-order valence-corrected chi connectivity index (χ3v) is 7.75. The average Bonchev–Trinajstić information content (AvgIpc) is 3.65. The van der Waals surface area contributed by atoms with Crippen LogP contribution in [0.2, 0.25) is 0 Å². The van der Waals surface area contributed by atoms with Crippen molar-refractivity contribution < 1.29 is 32.6 Å². The quantitative estimate of drug-likeness (QED) is 0.614. The summed E-state index contributed by atoms with van der Waals surface area (Å²) in [4.78, 5) is 28.3. The minimum absolute atomic E-state index is 0.00506. The molecule has 9 nitrogen and oxygen atoms in total. The summed E-state index contributed by atoms with van der Waals surface area (Å²) in [6.07, 6.45) is 2.62. The molecule has 1 atom stereocenters. The van der Waals surface area contributed by atoms with Crippen molar-refractivity contribution in [2.24, 2.45) is 0 Å². The minimum Gasteiger partial charge on any atom is -0.478 e. The van der Waals surface area contributed by atoms with Crippen LogP contribution in [-0.4, -0.2) is 55.0 Å². The van der Waals surface area contributed by atoms with E-state index in [2.05, 4.69) is 10.3 Å². The SMILES string of the molecule is O=C(O)c1ccc(NC(=O)C(OC2CCOCC2)c2ccc(S(=O)(=O)C3CC3)cc2)nc1. The van der Waals surface area contributed by atoms with Gasteiger partial charge in [0.25, 0.3) is 5.91 Å². The number of carbonyl (C=O) groups is 2. The zero-order valence-electron chi connectivity index (χ0n) is 17.3. The molecule has 2 heterocycles. The Balaban J connectivity index is 1.54. The Kier molecular flexibility index (Phi) is 6.54. The summed E-state index contributed by atoms with van der Waals surface area (Å²) in [7, 11) is -3.33. The van der Waals surface area contributed by atoms with Crippen LogP contribution in [0.1, 0.15) is 47.7 Å². The molecule has 1 amide bonds. The Morgan fingerprint density at radius 1 is 1.06 bits per heavy atom. The maximum atomic E-state index is 13.1. The Morgan fingerprint density at radius 2 is 1.75 bits per heavy atom. The monoisotopic (exact) mass is 460 g/mol. The van der Waals surface area contributed by atoms with Gasteiger partial charge in [-0.1, -0.05) is 12.1 Å². The fraction of sp³-hybridized carbons (Fsp3) is 0.409. The van der Waals surface area contributed by atoms with Gasteiger partial charge >= 0.3 is 5.97 Å². The van der Waals surface area contributed by atoms with Crippen LogP contribution in [0.15, 0.2) is 47.5 Å². The summed E-state index contributed by atoms with van der Waals surface area (Å²) in [5.74, 6) is -1.41. The van der Waals surface area contributed by atoms with E-state index in [4.69, 9.17) is 14.6 Å². The molecule has 1 aliphatic carbocycles. The van der Waals surface area contributed by atoms with E-state index in [0.717, 1.165) is 6.20 Å². The van der Waals surface area contributed by atoms with Gasteiger partial charge in [-0.3, -0.25) is 4.79 Å². The van der Waals surface area contributed by atoms with Gasteiger partial charge < -0.3 is 19.9 Å². The summed E-state index contributed by atoms with van der Waals surface area (Å²) in [6.45, 7) is 1.07. The molecule has 32 heavy (non-hydrogen) atoms. The van der Waals surface area contributed by atoms with Crippen LogP contribution >= 0.6 is 0 Å². The van der Waals surface area contributed by atoms with Crippen molar-refractivity contribution in [3.8, 4) is 0 Å². The standard InChI is InChI=1S/C22H24N2O7S/c25-21(24-19-8-3-15(13-23-19)22(26)27)20(31-16-9-11-30-12-10-16)14-1-4-17(5-2-14)32(28,29)18-6-7-18/h1-5,8,13,16,18,20H,6-7,9-12H2,(H,26,27)(H,23,24,25). The number of carbonyl (C=O) groups excluding carboxylic acids is 1. The maximum Gasteiger partial charge on any atom is 0.337 e. The highest BCUT2D eigenvalue weighted by molar-refractivity contribution is 7.92. The lowest BCUT2D eigenvalue weighted by Gasteiger charge is -2.27. The Bertz CT molecular complexity index is 1070. The molecule has 0 bridgehead atoms. The number of pyridine rings is 1. The van der Waals surface area contributed by atoms with Crippen molar-refractivity contribution in [1.82, 2.24) is 4.98 Å². The van der Waals surface area contributed by atoms with Crippen molar-refractivity contribution in [2.45, 2.75) is 48.0 Å². The smallest absolute Gasteiger partial charge is 0.337 e. The lowest BCUT2D eigenvalue weighted by atomic mass is 10.1. The first-order chi connectivity index (χ1) is 15.3. The molecule has 170 valence electrons. The van der Waals surface area contributed by atoms with Crippen LogP contribution in [0, 0.1) is 0 Å². The molecule has 0 spiro atoms. The Hall–Kier alpha value is -2.82. The first kappa shape index (κ1) is 22.4. The number of aromatic nitrogens is 1. The van der Waals surface area contributed by atoms with E-state index in [-0.39, 0.29) is 27.6 Å². The van der Waals surface area contributed by atoms with Crippen LogP contribution in [-0.2, 0) is 24.1 Å². The number of hydrogen-bond donors (Lipinski definition) is 2. The van der Waals surface area contributed by atoms with Crippen LogP contribution in [0.5, 0.6) is 0 Å². The molecular formula is C22H24N2O7S. The molecule has 1 aromatic carbocycles. The van der Waals surface area contributed by atoms with E-state index < -0.39 is 27.8 Å². The fourth-order valence-electron chi connectivity index (χ4n) is 3.49. The molecule has 1 aliphatic heterocycles. The normalized spacial score (nSPS) is 18.1. The van der Waals surface area contributed by atoms with Gasteiger partial charge in [0, 0.05) is 19.4 Å². The number of ether oxygens (including phenoxy) is 2. The summed E-state index contributed by atoms with van der Waals surface area (Å²) >= 11 is 0. The number of benzene rings is 1. The van der Waals surface area contributed by atoms with E-state index in [1.165, 1.54) is 24.3 Å². The van der Waals surface area contributed by atoms with Gasteiger partial charge in [-0.2, -0.15) is 0 Å². The lowest BCUT2D eigenvalue weighted by Crippen LogP contribution is -2.31. The number of aromatic carboxylic acids is 1. The fourth-order valence-corrected chi connectivity index (χ4v) is 5.14. The topological polar surface area (TPSA) is 132 Å². The number of nitrogens with zero attached hydrogens (tertiary/aromatic N) is 1. The molecule has 1 saturated heterocycles. The van der Waals surface area contributed by atoms with Crippen molar-refractivity contribution in [3.05, 3.63) is 53.7 Å². The predicted octanol–water partition coefficient (Wildman–Crippen LogP) is 2.59. The van der Waals surface area contributed by atoms with Gasteiger partial charge in [-0.15, -0.1) is 0 Å². The van der Waals surface area contributed by atoms with Gasteiger partial charge in [0.2, 0.25) is 0 Å². The molecule has 2 aromatic rings. The van der Waals surface area contributed by atoms with Crippen LogP contribution < -0.4 is 5.32 Å². The third kappa shape index (κ3) is 5.14. The van der Waals surface area contributed by atoms with Gasteiger partial charge in [0.05, 0.1) is 21.8 Å². The van der Waals surface area contributed by atoms with Crippen molar-refractivity contribution >= 4 is 27.5 Å². The Labute approximate surface area is 185 Å². The first-order valence-electron chi connectivity index (χ1n) is 10.4. The van der Waals surface area contributed by atoms with Crippen LogP contribution in [0.3, 0.4) is 0 Å². The number of carboxylic acids is 1. The molecule has 1 aromatic heterocycles. The number of amides is 1. The minimum atomic E-state index is -3.33.